The molecule has 8 heteroatoms. The summed E-state index contributed by atoms with van der Waals surface area (Å²) in [5.74, 6) is 0.565. The van der Waals surface area contributed by atoms with Crippen molar-refractivity contribution in [2.45, 2.75) is 13.0 Å². The van der Waals surface area contributed by atoms with E-state index in [1.807, 2.05) is 41.1 Å². The number of nitrogens with zero attached hydrogens (tertiary/aromatic N) is 3. The monoisotopic (exact) mass is 458 g/mol. The number of thiazole rings is 1. The van der Waals surface area contributed by atoms with Crippen LogP contribution in [-0.4, -0.2) is 20.7 Å². The zero-order valence-electron chi connectivity index (χ0n) is 14.1. The Morgan fingerprint density at radius 1 is 1.19 bits per heavy atom. The van der Waals surface area contributed by atoms with Gasteiger partial charge in [0.15, 0.2) is 0 Å². The number of aromatic nitrogens is 3. The van der Waals surface area contributed by atoms with Gasteiger partial charge in [0, 0.05) is 26.9 Å². The standard InChI is InChI=1S/C19H15BrN4OS2/c20-16-4-2-1-3-13(16)10-24-17(5-7-21-24)23-18(25)9-15-12-27-19(22-15)14-6-8-26-11-14/h1-8,11-12H,9-10H2,(H,23,25). The molecule has 0 fully saturated rings. The molecule has 0 aliphatic rings. The molecule has 0 aliphatic carbocycles. The number of rotatable bonds is 6. The second-order valence-electron chi connectivity index (χ2n) is 5.85. The molecule has 4 rings (SSSR count). The van der Waals surface area contributed by atoms with Crippen molar-refractivity contribution in [1.82, 2.24) is 14.8 Å². The first-order chi connectivity index (χ1) is 13.2. The highest BCUT2D eigenvalue weighted by molar-refractivity contribution is 9.10. The third-order valence-electron chi connectivity index (χ3n) is 3.92. The van der Waals surface area contributed by atoms with E-state index in [2.05, 4.69) is 36.7 Å². The van der Waals surface area contributed by atoms with E-state index in [-0.39, 0.29) is 12.3 Å². The summed E-state index contributed by atoms with van der Waals surface area (Å²) in [6.45, 7) is 0.572. The summed E-state index contributed by atoms with van der Waals surface area (Å²) in [5.41, 5.74) is 2.97. The number of benzene rings is 1. The number of halogens is 1. The minimum absolute atomic E-state index is 0.106. The van der Waals surface area contributed by atoms with Crippen molar-refractivity contribution in [2.75, 3.05) is 5.32 Å². The van der Waals surface area contributed by atoms with Gasteiger partial charge in [-0.05, 0) is 23.1 Å². The molecular formula is C19H15BrN4OS2. The van der Waals surface area contributed by atoms with Crippen molar-refractivity contribution in [3.63, 3.8) is 0 Å². The van der Waals surface area contributed by atoms with E-state index in [4.69, 9.17) is 0 Å². The van der Waals surface area contributed by atoms with Gasteiger partial charge < -0.3 is 5.32 Å². The third-order valence-corrected chi connectivity index (χ3v) is 6.32. The number of carbonyl (C=O) groups excluding carboxylic acids is 1. The molecule has 0 saturated carbocycles. The first-order valence-electron chi connectivity index (χ1n) is 8.21. The molecule has 3 aromatic heterocycles. The van der Waals surface area contributed by atoms with Crippen LogP contribution in [0.2, 0.25) is 0 Å². The van der Waals surface area contributed by atoms with Gasteiger partial charge in [-0.3, -0.25) is 4.79 Å². The second-order valence-corrected chi connectivity index (χ2v) is 8.34. The number of nitrogens with one attached hydrogen (secondary N) is 1. The van der Waals surface area contributed by atoms with Crippen LogP contribution < -0.4 is 5.32 Å². The van der Waals surface area contributed by atoms with Gasteiger partial charge in [0.1, 0.15) is 10.8 Å². The van der Waals surface area contributed by atoms with E-state index >= 15 is 0 Å². The molecule has 0 atom stereocenters. The molecule has 0 saturated heterocycles. The van der Waals surface area contributed by atoms with Crippen LogP contribution in [-0.2, 0) is 17.8 Å². The van der Waals surface area contributed by atoms with Crippen molar-refractivity contribution in [2.24, 2.45) is 0 Å². The van der Waals surface area contributed by atoms with Gasteiger partial charge in [-0.1, -0.05) is 34.1 Å². The van der Waals surface area contributed by atoms with Crippen LogP contribution >= 0.6 is 38.6 Å². The zero-order chi connectivity index (χ0) is 18.6. The summed E-state index contributed by atoms with van der Waals surface area (Å²) in [7, 11) is 0. The number of carbonyl (C=O) groups is 1. The zero-order valence-corrected chi connectivity index (χ0v) is 17.4. The molecule has 4 aromatic rings. The highest BCUT2D eigenvalue weighted by atomic mass is 79.9. The van der Waals surface area contributed by atoms with Crippen LogP contribution in [0.15, 0.2) is 63.2 Å². The lowest BCUT2D eigenvalue weighted by molar-refractivity contribution is -0.115. The molecule has 0 spiro atoms. The lowest BCUT2D eigenvalue weighted by Crippen LogP contribution is -2.18. The minimum atomic E-state index is -0.106. The third kappa shape index (κ3) is 4.35. The second kappa shape index (κ2) is 8.16. The Hall–Kier alpha value is -2.29. The van der Waals surface area contributed by atoms with Crippen LogP contribution in [0.25, 0.3) is 10.6 Å². The minimum Gasteiger partial charge on any atom is -0.311 e. The predicted octanol–water partition coefficient (Wildman–Crippen LogP) is 5.06. The van der Waals surface area contributed by atoms with Crippen molar-refractivity contribution in [3.05, 3.63) is 74.5 Å². The van der Waals surface area contributed by atoms with E-state index in [0.717, 1.165) is 26.3 Å². The molecule has 0 radical (unpaired) electrons. The summed E-state index contributed by atoms with van der Waals surface area (Å²) in [5, 5.41) is 14.2. The van der Waals surface area contributed by atoms with Gasteiger partial charge in [-0.25, -0.2) is 9.67 Å². The molecule has 1 aromatic carbocycles. The molecule has 3 heterocycles. The first kappa shape index (κ1) is 18.1. The normalized spacial score (nSPS) is 10.9. The fraction of sp³-hybridized carbons (Fsp3) is 0.105. The lowest BCUT2D eigenvalue weighted by atomic mass is 10.2. The quantitative estimate of drug-likeness (QED) is 0.439. The van der Waals surface area contributed by atoms with Crippen molar-refractivity contribution < 1.29 is 4.79 Å². The van der Waals surface area contributed by atoms with Crippen molar-refractivity contribution in [1.29, 1.82) is 0 Å². The maximum absolute atomic E-state index is 12.5. The average Bonchev–Trinajstić information content (AvgIpc) is 3.39. The van der Waals surface area contributed by atoms with E-state index < -0.39 is 0 Å². The summed E-state index contributed by atoms with van der Waals surface area (Å²) >= 11 is 6.74. The number of hydrogen-bond acceptors (Lipinski definition) is 5. The Balaban J connectivity index is 1.42. The average molecular weight is 459 g/mol. The first-order valence-corrected chi connectivity index (χ1v) is 10.8. The number of hydrogen-bond donors (Lipinski definition) is 1. The fourth-order valence-electron chi connectivity index (χ4n) is 2.61. The summed E-state index contributed by atoms with van der Waals surface area (Å²) in [6, 6.07) is 11.8. The van der Waals surface area contributed by atoms with Gasteiger partial charge in [-0.2, -0.15) is 16.4 Å². The summed E-state index contributed by atoms with van der Waals surface area (Å²) < 4.78 is 2.79. The Bertz CT molecular complexity index is 1060. The maximum atomic E-state index is 12.5. The van der Waals surface area contributed by atoms with Crippen LogP contribution in [0.1, 0.15) is 11.3 Å². The van der Waals surface area contributed by atoms with Crippen LogP contribution in [0.5, 0.6) is 0 Å². The molecule has 136 valence electrons. The van der Waals surface area contributed by atoms with Gasteiger partial charge in [0.2, 0.25) is 5.91 Å². The SMILES string of the molecule is O=C(Cc1csc(-c2ccsc2)n1)Nc1ccnn1Cc1ccccc1Br. The number of anilines is 1. The van der Waals surface area contributed by atoms with E-state index in [1.54, 1.807) is 39.6 Å². The topological polar surface area (TPSA) is 59.8 Å². The summed E-state index contributed by atoms with van der Waals surface area (Å²) in [4.78, 5) is 17.0. The Labute approximate surface area is 172 Å². The Morgan fingerprint density at radius 2 is 2.07 bits per heavy atom. The molecule has 5 nitrogen and oxygen atoms in total. The van der Waals surface area contributed by atoms with E-state index in [9.17, 15) is 4.79 Å². The largest absolute Gasteiger partial charge is 0.311 e. The number of thiophene rings is 1. The molecule has 1 N–H and O–H groups in total. The highest BCUT2D eigenvalue weighted by Crippen LogP contribution is 2.26. The molecule has 0 bridgehead atoms. The Morgan fingerprint density at radius 3 is 2.89 bits per heavy atom. The molecule has 0 unspecified atom stereocenters. The van der Waals surface area contributed by atoms with Gasteiger partial charge in [0.05, 0.1) is 24.9 Å². The van der Waals surface area contributed by atoms with Crippen LogP contribution in [0.3, 0.4) is 0 Å². The fourth-order valence-corrected chi connectivity index (χ4v) is 4.55. The van der Waals surface area contributed by atoms with Crippen LogP contribution in [0, 0.1) is 0 Å². The van der Waals surface area contributed by atoms with Crippen molar-refractivity contribution >= 4 is 50.3 Å². The Kier molecular flexibility index (Phi) is 5.47. The van der Waals surface area contributed by atoms with Crippen molar-refractivity contribution in [3.8, 4) is 10.6 Å². The molecular weight excluding hydrogens is 444 g/mol. The van der Waals surface area contributed by atoms with Gasteiger partial charge in [0.25, 0.3) is 0 Å². The molecule has 27 heavy (non-hydrogen) atoms. The van der Waals surface area contributed by atoms with E-state index in [1.165, 1.54) is 0 Å². The lowest BCUT2D eigenvalue weighted by Gasteiger charge is -2.10. The maximum Gasteiger partial charge on any atom is 0.231 e. The predicted molar refractivity (Wildman–Crippen MR) is 113 cm³/mol. The smallest absolute Gasteiger partial charge is 0.231 e. The molecule has 1 amide bonds. The van der Waals surface area contributed by atoms with Crippen LogP contribution in [0.4, 0.5) is 5.82 Å². The van der Waals surface area contributed by atoms with Gasteiger partial charge in [-0.15, -0.1) is 11.3 Å². The molecule has 0 aliphatic heterocycles. The summed E-state index contributed by atoms with van der Waals surface area (Å²) in [6.07, 6.45) is 1.92. The van der Waals surface area contributed by atoms with Gasteiger partial charge >= 0.3 is 0 Å². The highest BCUT2D eigenvalue weighted by Gasteiger charge is 2.12. The van der Waals surface area contributed by atoms with E-state index in [0.29, 0.717) is 12.4 Å². The number of amides is 1.